The number of piperazine rings is 1. The van der Waals surface area contributed by atoms with Gasteiger partial charge in [-0.2, -0.15) is 0 Å². The molecule has 1 aromatic heterocycles. The van der Waals surface area contributed by atoms with Crippen molar-refractivity contribution in [1.29, 1.82) is 0 Å². The summed E-state index contributed by atoms with van der Waals surface area (Å²) in [7, 11) is 0. The van der Waals surface area contributed by atoms with E-state index in [1.165, 1.54) is 12.1 Å². The van der Waals surface area contributed by atoms with E-state index in [0.29, 0.717) is 49.1 Å². The Morgan fingerprint density at radius 1 is 1.09 bits per heavy atom. The van der Waals surface area contributed by atoms with Gasteiger partial charge < -0.3 is 19.5 Å². The summed E-state index contributed by atoms with van der Waals surface area (Å²) < 4.78 is 23.9. The number of anilines is 1. The molecule has 4 rings (SSSR count). The molecule has 33 heavy (non-hydrogen) atoms. The number of ether oxygens (including phenoxy) is 1. The summed E-state index contributed by atoms with van der Waals surface area (Å²) in [6.07, 6.45) is 0. The fourth-order valence-electron chi connectivity index (χ4n) is 3.60. The number of hydrogen-bond donors (Lipinski definition) is 1. The number of aromatic nitrogens is 1. The summed E-state index contributed by atoms with van der Waals surface area (Å²) >= 11 is 0. The van der Waals surface area contributed by atoms with Crippen LogP contribution in [0.3, 0.4) is 0 Å². The molecule has 2 aromatic carbocycles. The summed E-state index contributed by atoms with van der Waals surface area (Å²) in [5.41, 5.74) is 1.29. The van der Waals surface area contributed by atoms with Crippen molar-refractivity contribution in [2.45, 2.75) is 13.5 Å². The lowest BCUT2D eigenvalue weighted by atomic mass is 10.1. The van der Waals surface area contributed by atoms with Crippen molar-refractivity contribution in [2.24, 2.45) is 0 Å². The first kappa shape index (κ1) is 22.5. The Bertz CT molecular complexity index is 1110. The standard InChI is InChI=1S/C24H25FN4O4/c1-17-14-22(27-33-17)26-23(30)15-28-10-12-29(13-11-28)24(31)20-4-2-3-5-21(20)32-16-18-6-8-19(25)9-7-18/h2-9,14H,10-13,15-16H2,1H3,(H,26,27,30). The Balaban J connectivity index is 1.30. The third-order valence-corrected chi connectivity index (χ3v) is 5.35. The molecule has 8 nitrogen and oxygen atoms in total. The zero-order valence-corrected chi connectivity index (χ0v) is 18.3. The van der Waals surface area contributed by atoms with Gasteiger partial charge in [0.25, 0.3) is 5.91 Å². The number of amides is 2. The topological polar surface area (TPSA) is 87.9 Å². The molecule has 0 unspecified atom stereocenters. The van der Waals surface area contributed by atoms with Gasteiger partial charge in [0, 0.05) is 32.2 Å². The Morgan fingerprint density at radius 3 is 2.52 bits per heavy atom. The summed E-state index contributed by atoms with van der Waals surface area (Å²) in [4.78, 5) is 29.1. The Morgan fingerprint density at radius 2 is 1.82 bits per heavy atom. The summed E-state index contributed by atoms with van der Waals surface area (Å²) in [6, 6.07) is 14.8. The van der Waals surface area contributed by atoms with Gasteiger partial charge in [-0.1, -0.05) is 29.4 Å². The molecular weight excluding hydrogens is 427 g/mol. The van der Waals surface area contributed by atoms with Gasteiger partial charge in [-0.3, -0.25) is 14.5 Å². The average molecular weight is 452 g/mol. The minimum absolute atomic E-state index is 0.119. The number of carbonyl (C=O) groups is 2. The lowest BCUT2D eigenvalue weighted by molar-refractivity contribution is -0.117. The number of nitrogens with zero attached hydrogens (tertiary/aromatic N) is 3. The Kier molecular flexibility index (Phi) is 6.99. The molecule has 2 amide bonds. The Hall–Kier alpha value is -3.72. The third-order valence-electron chi connectivity index (χ3n) is 5.35. The van der Waals surface area contributed by atoms with Gasteiger partial charge in [0.15, 0.2) is 5.82 Å². The zero-order valence-electron chi connectivity index (χ0n) is 18.3. The maximum atomic E-state index is 13.1. The molecule has 0 saturated carbocycles. The highest BCUT2D eigenvalue weighted by atomic mass is 19.1. The van der Waals surface area contributed by atoms with Crippen LogP contribution in [-0.2, 0) is 11.4 Å². The van der Waals surface area contributed by atoms with Crippen LogP contribution in [0.4, 0.5) is 10.2 Å². The van der Waals surface area contributed by atoms with E-state index in [9.17, 15) is 14.0 Å². The van der Waals surface area contributed by atoms with E-state index in [2.05, 4.69) is 10.5 Å². The van der Waals surface area contributed by atoms with Crippen molar-refractivity contribution in [2.75, 3.05) is 38.0 Å². The van der Waals surface area contributed by atoms with E-state index < -0.39 is 0 Å². The van der Waals surface area contributed by atoms with Gasteiger partial charge in [0.05, 0.1) is 12.1 Å². The summed E-state index contributed by atoms with van der Waals surface area (Å²) in [5.74, 6) is 0.896. The minimum Gasteiger partial charge on any atom is -0.488 e. The number of rotatable bonds is 7. The van der Waals surface area contributed by atoms with Gasteiger partial charge in [-0.25, -0.2) is 4.39 Å². The van der Waals surface area contributed by atoms with Crippen LogP contribution in [0.25, 0.3) is 0 Å². The maximum absolute atomic E-state index is 13.1. The smallest absolute Gasteiger partial charge is 0.257 e. The zero-order chi connectivity index (χ0) is 23.2. The first-order valence-electron chi connectivity index (χ1n) is 10.7. The number of benzene rings is 2. The van der Waals surface area contributed by atoms with Crippen LogP contribution in [0.2, 0.25) is 0 Å². The molecule has 1 N–H and O–H groups in total. The molecule has 0 radical (unpaired) electrons. The van der Waals surface area contributed by atoms with Crippen LogP contribution < -0.4 is 10.1 Å². The molecule has 1 aliphatic rings. The monoisotopic (exact) mass is 452 g/mol. The quantitative estimate of drug-likeness (QED) is 0.593. The molecule has 0 atom stereocenters. The van der Waals surface area contributed by atoms with Crippen molar-refractivity contribution in [1.82, 2.24) is 15.0 Å². The van der Waals surface area contributed by atoms with Crippen LogP contribution in [0.15, 0.2) is 59.1 Å². The second kappa shape index (κ2) is 10.3. The molecule has 1 saturated heterocycles. The normalized spacial score (nSPS) is 14.2. The molecule has 2 heterocycles. The van der Waals surface area contributed by atoms with Gasteiger partial charge in [0.2, 0.25) is 5.91 Å². The fraction of sp³-hybridized carbons (Fsp3) is 0.292. The minimum atomic E-state index is -0.306. The first-order valence-corrected chi connectivity index (χ1v) is 10.7. The van der Waals surface area contributed by atoms with Gasteiger partial charge in [-0.15, -0.1) is 0 Å². The van der Waals surface area contributed by atoms with Crippen LogP contribution in [0.1, 0.15) is 21.7 Å². The van der Waals surface area contributed by atoms with E-state index in [0.717, 1.165) is 5.56 Å². The number of nitrogens with one attached hydrogen (secondary N) is 1. The molecular formula is C24H25FN4O4. The highest BCUT2D eigenvalue weighted by Gasteiger charge is 2.25. The maximum Gasteiger partial charge on any atom is 0.257 e. The van der Waals surface area contributed by atoms with Crippen molar-refractivity contribution in [3.05, 3.63) is 77.3 Å². The van der Waals surface area contributed by atoms with E-state index in [-0.39, 0.29) is 30.8 Å². The van der Waals surface area contributed by atoms with Gasteiger partial charge in [-0.05, 0) is 36.8 Å². The lowest BCUT2D eigenvalue weighted by Gasteiger charge is -2.34. The van der Waals surface area contributed by atoms with Crippen molar-refractivity contribution < 1.29 is 23.2 Å². The van der Waals surface area contributed by atoms with Crippen molar-refractivity contribution in [3.8, 4) is 5.75 Å². The number of hydrogen-bond acceptors (Lipinski definition) is 6. The molecule has 0 bridgehead atoms. The predicted octanol–water partition coefficient (Wildman–Crippen LogP) is 3.10. The molecule has 172 valence electrons. The predicted molar refractivity (Wildman–Crippen MR) is 119 cm³/mol. The first-order chi connectivity index (χ1) is 16.0. The molecule has 1 fully saturated rings. The molecule has 3 aromatic rings. The van der Waals surface area contributed by atoms with Crippen LogP contribution in [0, 0.1) is 12.7 Å². The van der Waals surface area contributed by atoms with Crippen LogP contribution in [-0.4, -0.2) is 59.5 Å². The number of carbonyl (C=O) groups excluding carboxylic acids is 2. The largest absolute Gasteiger partial charge is 0.488 e. The summed E-state index contributed by atoms with van der Waals surface area (Å²) in [5, 5.41) is 6.46. The van der Waals surface area contributed by atoms with Gasteiger partial charge in [0.1, 0.15) is 23.9 Å². The summed E-state index contributed by atoms with van der Waals surface area (Å²) in [6.45, 7) is 4.36. The fourth-order valence-corrected chi connectivity index (χ4v) is 3.60. The van der Waals surface area contributed by atoms with Gasteiger partial charge >= 0.3 is 0 Å². The van der Waals surface area contributed by atoms with Crippen molar-refractivity contribution >= 4 is 17.6 Å². The highest BCUT2D eigenvalue weighted by molar-refractivity contribution is 5.97. The molecule has 0 spiro atoms. The second-order valence-corrected chi connectivity index (χ2v) is 7.85. The average Bonchev–Trinajstić information content (AvgIpc) is 3.23. The highest BCUT2D eigenvalue weighted by Crippen LogP contribution is 2.22. The van der Waals surface area contributed by atoms with Crippen LogP contribution in [0.5, 0.6) is 5.75 Å². The van der Waals surface area contributed by atoms with E-state index >= 15 is 0 Å². The third kappa shape index (κ3) is 5.95. The van der Waals surface area contributed by atoms with E-state index in [4.69, 9.17) is 9.26 Å². The second-order valence-electron chi connectivity index (χ2n) is 7.85. The Labute approximate surface area is 190 Å². The number of aryl methyl sites for hydroxylation is 1. The molecule has 9 heteroatoms. The SMILES string of the molecule is Cc1cc(NC(=O)CN2CCN(C(=O)c3ccccc3OCc3ccc(F)cc3)CC2)no1. The number of para-hydroxylation sites is 1. The van der Waals surface area contributed by atoms with E-state index in [1.54, 1.807) is 48.2 Å². The number of halogens is 1. The van der Waals surface area contributed by atoms with E-state index in [1.807, 2.05) is 11.0 Å². The molecule has 0 aliphatic carbocycles. The lowest BCUT2D eigenvalue weighted by Crippen LogP contribution is -2.50. The van der Waals surface area contributed by atoms with Crippen molar-refractivity contribution in [3.63, 3.8) is 0 Å². The molecule has 1 aliphatic heterocycles. The van der Waals surface area contributed by atoms with Crippen LogP contribution >= 0.6 is 0 Å².